The van der Waals surface area contributed by atoms with E-state index in [2.05, 4.69) is 22.2 Å². The van der Waals surface area contributed by atoms with Crippen LogP contribution in [0.5, 0.6) is 5.88 Å². The van der Waals surface area contributed by atoms with E-state index in [-0.39, 0.29) is 6.61 Å². The van der Waals surface area contributed by atoms with E-state index in [0.29, 0.717) is 18.4 Å². The third-order valence-electron chi connectivity index (χ3n) is 2.19. The molecule has 90 valence electrons. The Balaban J connectivity index is 2.44. The van der Waals surface area contributed by atoms with Crippen molar-refractivity contribution >= 4 is 5.82 Å². The molecule has 16 heavy (non-hydrogen) atoms. The molecule has 0 aliphatic rings. The standard InChI is InChI=1S/C11H19N3O2/c1-3-16-11-6-10(13-8-14-11)12-7-9(2)4-5-15/h6,8-9,15H,3-5,7H2,1-2H3,(H,12,13,14). The highest BCUT2D eigenvalue weighted by atomic mass is 16.5. The fourth-order valence-electron chi connectivity index (χ4n) is 1.26. The van der Waals surface area contributed by atoms with Gasteiger partial charge in [-0.1, -0.05) is 6.92 Å². The number of rotatable bonds is 7. The average molecular weight is 225 g/mol. The summed E-state index contributed by atoms with van der Waals surface area (Å²) in [6.45, 7) is 5.59. The van der Waals surface area contributed by atoms with Gasteiger partial charge in [0.05, 0.1) is 6.61 Å². The molecule has 5 nitrogen and oxygen atoms in total. The van der Waals surface area contributed by atoms with E-state index in [9.17, 15) is 0 Å². The Morgan fingerprint density at radius 2 is 2.31 bits per heavy atom. The monoisotopic (exact) mass is 225 g/mol. The highest BCUT2D eigenvalue weighted by Gasteiger charge is 2.03. The van der Waals surface area contributed by atoms with Crippen LogP contribution in [0.3, 0.4) is 0 Å². The normalized spacial score (nSPS) is 12.2. The minimum atomic E-state index is 0.219. The quantitative estimate of drug-likeness (QED) is 0.732. The van der Waals surface area contributed by atoms with Gasteiger partial charge in [0, 0.05) is 19.2 Å². The first-order chi connectivity index (χ1) is 7.76. The van der Waals surface area contributed by atoms with Crippen molar-refractivity contribution in [2.75, 3.05) is 25.1 Å². The lowest BCUT2D eigenvalue weighted by Gasteiger charge is -2.11. The zero-order valence-corrected chi connectivity index (χ0v) is 9.81. The second-order valence-electron chi connectivity index (χ2n) is 3.67. The van der Waals surface area contributed by atoms with Crippen molar-refractivity contribution in [1.29, 1.82) is 0 Å². The number of aliphatic hydroxyl groups excluding tert-OH is 1. The Bertz CT molecular complexity index is 307. The van der Waals surface area contributed by atoms with Gasteiger partial charge in [-0.05, 0) is 19.3 Å². The summed E-state index contributed by atoms with van der Waals surface area (Å²) >= 11 is 0. The molecule has 2 N–H and O–H groups in total. The molecule has 1 aromatic heterocycles. The molecule has 5 heteroatoms. The predicted molar refractivity (Wildman–Crippen MR) is 62.6 cm³/mol. The van der Waals surface area contributed by atoms with Crippen molar-refractivity contribution in [3.63, 3.8) is 0 Å². The van der Waals surface area contributed by atoms with Crippen LogP contribution in [0.1, 0.15) is 20.3 Å². The summed E-state index contributed by atoms with van der Waals surface area (Å²) in [7, 11) is 0. The molecule has 1 unspecified atom stereocenters. The van der Waals surface area contributed by atoms with E-state index in [1.165, 1.54) is 6.33 Å². The molecule has 0 amide bonds. The maximum absolute atomic E-state index is 8.77. The van der Waals surface area contributed by atoms with E-state index in [1.54, 1.807) is 6.07 Å². The lowest BCUT2D eigenvalue weighted by molar-refractivity contribution is 0.265. The summed E-state index contributed by atoms with van der Waals surface area (Å²) < 4.78 is 5.27. The van der Waals surface area contributed by atoms with Crippen LogP contribution in [0.25, 0.3) is 0 Å². The first-order valence-electron chi connectivity index (χ1n) is 5.55. The van der Waals surface area contributed by atoms with E-state index in [0.717, 1.165) is 18.8 Å². The molecule has 1 rings (SSSR count). The predicted octanol–water partition coefficient (Wildman–Crippen LogP) is 1.31. The summed E-state index contributed by atoms with van der Waals surface area (Å²) in [6.07, 6.45) is 2.26. The number of nitrogens with one attached hydrogen (secondary N) is 1. The highest BCUT2D eigenvalue weighted by Crippen LogP contribution is 2.11. The van der Waals surface area contributed by atoms with Gasteiger partial charge in [-0.15, -0.1) is 0 Å². The zero-order chi connectivity index (χ0) is 11.8. The fourth-order valence-corrected chi connectivity index (χ4v) is 1.26. The molecule has 0 saturated heterocycles. The van der Waals surface area contributed by atoms with Gasteiger partial charge in [0.2, 0.25) is 5.88 Å². The molecule has 1 heterocycles. The maximum Gasteiger partial charge on any atom is 0.218 e. The first-order valence-corrected chi connectivity index (χ1v) is 5.55. The van der Waals surface area contributed by atoms with Crippen LogP contribution in [0.15, 0.2) is 12.4 Å². The largest absolute Gasteiger partial charge is 0.478 e. The number of hydrogen-bond donors (Lipinski definition) is 2. The smallest absolute Gasteiger partial charge is 0.218 e. The number of anilines is 1. The van der Waals surface area contributed by atoms with Crippen molar-refractivity contribution in [2.45, 2.75) is 20.3 Å². The minimum absolute atomic E-state index is 0.219. The molecular formula is C11H19N3O2. The molecular weight excluding hydrogens is 206 g/mol. The number of aliphatic hydroxyl groups is 1. The van der Waals surface area contributed by atoms with E-state index < -0.39 is 0 Å². The van der Waals surface area contributed by atoms with Crippen molar-refractivity contribution in [2.24, 2.45) is 5.92 Å². The van der Waals surface area contributed by atoms with Crippen LogP contribution in [-0.4, -0.2) is 34.8 Å². The Labute approximate surface area is 95.9 Å². The topological polar surface area (TPSA) is 67.3 Å². The lowest BCUT2D eigenvalue weighted by Crippen LogP contribution is -2.13. The van der Waals surface area contributed by atoms with Crippen molar-refractivity contribution in [3.8, 4) is 5.88 Å². The van der Waals surface area contributed by atoms with Crippen molar-refractivity contribution < 1.29 is 9.84 Å². The van der Waals surface area contributed by atoms with Crippen LogP contribution < -0.4 is 10.1 Å². The van der Waals surface area contributed by atoms with Crippen LogP contribution >= 0.6 is 0 Å². The summed E-state index contributed by atoms with van der Waals surface area (Å²) in [4.78, 5) is 8.07. The molecule has 0 saturated carbocycles. The second-order valence-corrected chi connectivity index (χ2v) is 3.67. The van der Waals surface area contributed by atoms with Gasteiger partial charge in [0.15, 0.2) is 0 Å². The van der Waals surface area contributed by atoms with E-state index >= 15 is 0 Å². The Hall–Kier alpha value is -1.36. The molecule has 0 aromatic carbocycles. The molecule has 0 spiro atoms. The number of nitrogens with zero attached hydrogens (tertiary/aromatic N) is 2. The molecule has 1 atom stereocenters. The van der Waals surface area contributed by atoms with Gasteiger partial charge in [-0.3, -0.25) is 0 Å². The Kier molecular flexibility index (Phi) is 5.56. The molecule has 0 aliphatic carbocycles. The molecule has 0 radical (unpaired) electrons. The highest BCUT2D eigenvalue weighted by molar-refractivity contribution is 5.36. The van der Waals surface area contributed by atoms with Gasteiger partial charge in [-0.2, -0.15) is 0 Å². The third-order valence-corrected chi connectivity index (χ3v) is 2.19. The summed E-state index contributed by atoms with van der Waals surface area (Å²) in [5.41, 5.74) is 0. The fraction of sp³-hybridized carbons (Fsp3) is 0.636. The van der Waals surface area contributed by atoms with Gasteiger partial charge in [0.1, 0.15) is 12.1 Å². The average Bonchev–Trinajstić information content (AvgIpc) is 2.28. The molecule has 0 bridgehead atoms. The summed E-state index contributed by atoms with van der Waals surface area (Å²) in [5.74, 6) is 1.74. The lowest BCUT2D eigenvalue weighted by atomic mass is 10.1. The number of hydrogen-bond acceptors (Lipinski definition) is 5. The van der Waals surface area contributed by atoms with Crippen LogP contribution in [0.2, 0.25) is 0 Å². The zero-order valence-electron chi connectivity index (χ0n) is 9.81. The van der Waals surface area contributed by atoms with Gasteiger partial charge in [0.25, 0.3) is 0 Å². The maximum atomic E-state index is 8.77. The van der Waals surface area contributed by atoms with Gasteiger partial charge in [-0.25, -0.2) is 9.97 Å². The number of aromatic nitrogens is 2. The van der Waals surface area contributed by atoms with E-state index in [1.807, 2.05) is 6.92 Å². The molecule has 0 fully saturated rings. The van der Waals surface area contributed by atoms with Gasteiger partial charge >= 0.3 is 0 Å². The first kappa shape index (κ1) is 12.7. The minimum Gasteiger partial charge on any atom is -0.478 e. The second kappa shape index (κ2) is 7.00. The van der Waals surface area contributed by atoms with Crippen molar-refractivity contribution in [1.82, 2.24) is 9.97 Å². The third kappa shape index (κ3) is 4.44. The summed E-state index contributed by atoms with van der Waals surface area (Å²) in [5, 5.41) is 12.0. The molecule has 1 aromatic rings. The van der Waals surface area contributed by atoms with Crippen LogP contribution in [0.4, 0.5) is 5.82 Å². The summed E-state index contributed by atoms with van der Waals surface area (Å²) in [6, 6.07) is 1.77. The van der Waals surface area contributed by atoms with Crippen molar-refractivity contribution in [3.05, 3.63) is 12.4 Å². The Morgan fingerprint density at radius 3 is 3.00 bits per heavy atom. The van der Waals surface area contributed by atoms with E-state index in [4.69, 9.17) is 9.84 Å². The van der Waals surface area contributed by atoms with Crippen LogP contribution in [-0.2, 0) is 0 Å². The van der Waals surface area contributed by atoms with Crippen LogP contribution in [0, 0.1) is 5.92 Å². The van der Waals surface area contributed by atoms with Gasteiger partial charge < -0.3 is 15.2 Å². The Morgan fingerprint density at radius 1 is 1.50 bits per heavy atom. The SMILES string of the molecule is CCOc1cc(NCC(C)CCO)ncn1. The number of ether oxygens (including phenoxy) is 1. The molecule has 0 aliphatic heterocycles.